The van der Waals surface area contributed by atoms with Crippen molar-refractivity contribution in [3.63, 3.8) is 0 Å². The van der Waals surface area contributed by atoms with Gasteiger partial charge in [-0.1, -0.05) is 12.1 Å². The van der Waals surface area contributed by atoms with Crippen LogP contribution >= 0.6 is 0 Å². The summed E-state index contributed by atoms with van der Waals surface area (Å²) in [4.78, 5) is 10.9. The van der Waals surface area contributed by atoms with Crippen LogP contribution in [0.3, 0.4) is 0 Å². The van der Waals surface area contributed by atoms with E-state index in [4.69, 9.17) is 5.73 Å². The first kappa shape index (κ1) is 16.6. The molecule has 0 aliphatic carbocycles. The number of nitrogens with two attached hydrogens (primary N) is 1. The fourth-order valence-electron chi connectivity index (χ4n) is 1.84. The molecule has 1 amide bonds. The molecule has 4 N–H and O–H groups in total. The van der Waals surface area contributed by atoms with Crippen LogP contribution in [0.1, 0.15) is 29.8 Å². The molecule has 20 heavy (non-hydrogen) atoms. The highest BCUT2D eigenvalue weighted by Crippen LogP contribution is 2.05. The van der Waals surface area contributed by atoms with Crippen LogP contribution in [-0.2, 0) is 16.6 Å². The number of carbonyl (C=O) groups excluding carboxylic acids is 1. The monoisotopic (exact) mass is 299 g/mol. The molecule has 0 aromatic heterocycles. The van der Waals surface area contributed by atoms with E-state index in [1.807, 2.05) is 12.1 Å². The van der Waals surface area contributed by atoms with Crippen molar-refractivity contribution in [2.24, 2.45) is 5.73 Å². The molecule has 1 aromatic carbocycles. The Labute approximate surface area is 119 Å². The Hall–Kier alpha value is -1.44. The third kappa shape index (κ3) is 6.14. The molecule has 6 nitrogen and oxygen atoms in total. The van der Waals surface area contributed by atoms with E-state index in [9.17, 15) is 13.2 Å². The van der Waals surface area contributed by atoms with Crippen LogP contribution in [0.2, 0.25) is 0 Å². The Balaban J connectivity index is 2.50. The molecule has 0 atom stereocenters. The van der Waals surface area contributed by atoms with Crippen molar-refractivity contribution in [1.29, 1.82) is 0 Å². The molecule has 0 radical (unpaired) electrons. The number of amides is 1. The maximum Gasteiger partial charge on any atom is 0.248 e. The Bertz CT molecular complexity index is 565. The number of benzene rings is 1. The summed E-state index contributed by atoms with van der Waals surface area (Å²) >= 11 is 0. The molecule has 7 heteroatoms. The molecule has 0 bridgehead atoms. The molecule has 1 aromatic rings. The van der Waals surface area contributed by atoms with Crippen molar-refractivity contribution in [2.75, 3.05) is 12.8 Å². The zero-order valence-electron chi connectivity index (χ0n) is 11.9. The highest BCUT2D eigenvalue weighted by molar-refractivity contribution is 7.88. The number of sulfonamides is 1. The Morgan fingerprint density at radius 1 is 1.25 bits per heavy atom. The zero-order valence-corrected chi connectivity index (χ0v) is 12.8. The van der Waals surface area contributed by atoms with Crippen LogP contribution in [0.5, 0.6) is 0 Å². The maximum absolute atomic E-state index is 11.2. The highest BCUT2D eigenvalue weighted by atomic mass is 32.2. The third-order valence-corrected chi connectivity index (χ3v) is 3.52. The Morgan fingerprint density at radius 3 is 2.25 bits per heavy atom. The first-order valence-corrected chi connectivity index (χ1v) is 8.07. The Kier molecular flexibility index (Phi) is 5.27. The van der Waals surface area contributed by atoms with Crippen molar-refractivity contribution >= 4 is 15.9 Å². The van der Waals surface area contributed by atoms with Crippen LogP contribution in [0.4, 0.5) is 0 Å². The molecule has 0 saturated heterocycles. The number of hydrogen-bond donors (Lipinski definition) is 3. The zero-order chi connectivity index (χ0) is 15.4. The second-order valence-electron chi connectivity index (χ2n) is 5.42. The van der Waals surface area contributed by atoms with Crippen molar-refractivity contribution in [3.05, 3.63) is 35.4 Å². The van der Waals surface area contributed by atoms with E-state index in [0.717, 1.165) is 11.8 Å². The number of primary amides is 1. The fraction of sp³-hybridized carbons (Fsp3) is 0.462. The summed E-state index contributed by atoms with van der Waals surface area (Å²) in [7, 11) is -3.23. The minimum Gasteiger partial charge on any atom is -0.366 e. The quantitative estimate of drug-likeness (QED) is 0.669. The summed E-state index contributed by atoms with van der Waals surface area (Å²) in [6.45, 7) is 4.67. The van der Waals surface area contributed by atoms with Gasteiger partial charge in [-0.25, -0.2) is 13.1 Å². The lowest BCUT2D eigenvalue weighted by Gasteiger charge is -2.25. The van der Waals surface area contributed by atoms with Gasteiger partial charge in [0.05, 0.1) is 6.26 Å². The predicted molar refractivity (Wildman–Crippen MR) is 78.7 cm³/mol. The van der Waals surface area contributed by atoms with Crippen LogP contribution in [0.15, 0.2) is 24.3 Å². The molecule has 0 unspecified atom stereocenters. The van der Waals surface area contributed by atoms with E-state index in [0.29, 0.717) is 18.7 Å². The van der Waals surface area contributed by atoms with Gasteiger partial charge in [-0.3, -0.25) is 4.79 Å². The molecule has 0 spiro atoms. The minimum absolute atomic E-state index is 0.456. The molecule has 1 rings (SSSR count). The van der Waals surface area contributed by atoms with Crippen molar-refractivity contribution in [2.45, 2.75) is 25.9 Å². The van der Waals surface area contributed by atoms with E-state index in [2.05, 4.69) is 10.0 Å². The van der Waals surface area contributed by atoms with Crippen LogP contribution in [-0.4, -0.2) is 32.7 Å². The number of carbonyl (C=O) groups is 1. The maximum atomic E-state index is 11.2. The fourth-order valence-corrected chi connectivity index (χ4v) is 2.92. The molecule has 0 aliphatic rings. The second-order valence-corrected chi connectivity index (χ2v) is 7.17. The van der Waals surface area contributed by atoms with Gasteiger partial charge >= 0.3 is 0 Å². The number of hydrogen-bond acceptors (Lipinski definition) is 4. The smallest absolute Gasteiger partial charge is 0.248 e. The molecule has 0 fully saturated rings. The van der Waals surface area contributed by atoms with Crippen molar-refractivity contribution in [3.8, 4) is 0 Å². The lowest BCUT2D eigenvalue weighted by molar-refractivity contribution is 0.100. The average molecular weight is 299 g/mol. The van der Waals surface area contributed by atoms with Crippen molar-refractivity contribution in [1.82, 2.24) is 10.0 Å². The molecular formula is C13H21N3O3S. The van der Waals surface area contributed by atoms with Gasteiger partial charge in [0.15, 0.2) is 0 Å². The molecule has 0 saturated carbocycles. The third-order valence-electron chi connectivity index (χ3n) is 2.60. The molecular weight excluding hydrogens is 278 g/mol. The number of nitrogens with one attached hydrogen (secondary N) is 2. The Morgan fingerprint density at radius 2 is 1.80 bits per heavy atom. The van der Waals surface area contributed by atoms with Crippen LogP contribution in [0, 0.1) is 0 Å². The largest absolute Gasteiger partial charge is 0.366 e. The summed E-state index contributed by atoms with van der Waals surface area (Å²) < 4.78 is 25.0. The first-order chi connectivity index (χ1) is 9.09. The predicted octanol–water partition coefficient (Wildman–Crippen LogP) is 0.203. The van der Waals surface area contributed by atoms with E-state index in [-0.39, 0.29) is 0 Å². The van der Waals surface area contributed by atoms with Crippen LogP contribution in [0.25, 0.3) is 0 Å². The standard InChI is InChI=1S/C13H21N3O3S/c1-13(2,16-20(3,18)19)9-15-8-10-4-6-11(7-5-10)12(14)17/h4-7,15-16H,8-9H2,1-3H3,(H2,14,17). The van der Waals surface area contributed by atoms with Crippen molar-refractivity contribution < 1.29 is 13.2 Å². The topological polar surface area (TPSA) is 101 Å². The van der Waals surface area contributed by atoms with Gasteiger partial charge in [0.25, 0.3) is 0 Å². The summed E-state index contributed by atoms with van der Waals surface area (Å²) in [6.07, 6.45) is 1.14. The number of rotatable bonds is 7. The molecule has 0 aliphatic heterocycles. The SMILES string of the molecule is CC(C)(CNCc1ccc(C(N)=O)cc1)NS(C)(=O)=O. The van der Waals surface area contributed by atoms with E-state index >= 15 is 0 Å². The van der Waals surface area contributed by atoms with Gasteiger partial charge in [0.2, 0.25) is 15.9 Å². The summed E-state index contributed by atoms with van der Waals surface area (Å²) in [5.41, 5.74) is 6.05. The van der Waals surface area contributed by atoms with E-state index < -0.39 is 21.5 Å². The molecule has 112 valence electrons. The summed E-state index contributed by atoms with van der Waals surface area (Å²) in [5.74, 6) is -0.456. The van der Waals surface area contributed by atoms with Gasteiger partial charge in [-0.15, -0.1) is 0 Å². The van der Waals surface area contributed by atoms with Gasteiger partial charge in [0.1, 0.15) is 0 Å². The van der Waals surface area contributed by atoms with E-state index in [1.54, 1.807) is 26.0 Å². The van der Waals surface area contributed by atoms with Gasteiger partial charge < -0.3 is 11.1 Å². The second kappa shape index (κ2) is 6.34. The van der Waals surface area contributed by atoms with Crippen LogP contribution < -0.4 is 15.8 Å². The highest BCUT2D eigenvalue weighted by Gasteiger charge is 2.21. The molecule has 0 heterocycles. The summed E-state index contributed by atoms with van der Waals surface area (Å²) in [5, 5.41) is 3.17. The average Bonchev–Trinajstić information content (AvgIpc) is 2.26. The van der Waals surface area contributed by atoms with Gasteiger partial charge in [-0.05, 0) is 31.5 Å². The van der Waals surface area contributed by atoms with Gasteiger partial charge in [0, 0.05) is 24.2 Å². The lowest BCUT2D eigenvalue weighted by Crippen LogP contribution is -2.49. The van der Waals surface area contributed by atoms with E-state index in [1.165, 1.54) is 0 Å². The first-order valence-electron chi connectivity index (χ1n) is 6.17. The summed E-state index contributed by atoms with van der Waals surface area (Å²) in [6, 6.07) is 6.95. The lowest BCUT2D eigenvalue weighted by atomic mass is 10.1. The van der Waals surface area contributed by atoms with Gasteiger partial charge in [-0.2, -0.15) is 0 Å². The minimum atomic E-state index is -3.23. The normalized spacial score (nSPS) is 12.3.